The molecule has 0 saturated heterocycles. The quantitative estimate of drug-likeness (QED) is 0.719. The van der Waals surface area contributed by atoms with Crippen LogP contribution in [0.5, 0.6) is 0 Å². The predicted molar refractivity (Wildman–Crippen MR) is 60.1 cm³/mol. The lowest BCUT2D eigenvalue weighted by Crippen LogP contribution is -1.91. The highest BCUT2D eigenvalue weighted by Crippen LogP contribution is 2.13. The lowest BCUT2D eigenvalue weighted by Gasteiger charge is -2.05. The van der Waals surface area contributed by atoms with Crippen molar-refractivity contribution < 1.29 is 5.11 Å². The highest BCUT2D eigenvalue weighted by atomic mass is 28.1. The van der Waals surface area contributed by atoms with Gasteiger partial charge >= 0.3 is 0 Å². The van der Waals surface area contributed by atoms with Crippen molar-refractivity contribution in [2.45, 2.75) is 31.9 Å². The molecule has 0 heterocycles. The Kier molecular flexibility index (Phi) is 4.19. The number of benzene rings is 1. The van der Waals surface area contributed by atoms with Gasteiger partial charge in [-0.25, -0.2) is 0 Å². The van der Waals surface area contributed by atoms with Crippen LogP contribution in [0.1, 0.15) is 30.6 Å². The van der Waals surface area contributed by atoms with E-state index < -0.39 is 0 Å². The third-order valence-electron chi connectivity index (χ3n) is 2.28. The third kappa shape index (κ3) is 3.33. The van der Waals surface area contributed by atoms with E-state index in [0.29, 0.717) is 0 Å². The van der Waals surface area contributed by atoms with Gasteiger partial charge in [-0.2, -0.15) is 0 Å². The minimum absolute atomic E-state index is 0.340. The lowest BCUT2D eigenvalue weighted by molar-refractivity contribution is 0.199. The van der Waals surface area contributed by atoms with Gasteiger partial charge in [-0.1, -0.05) is 36.7 Å². The van der Waals surface area contributed by atoms with Crippen LogP contribution in [0.25, 0.3) is 0 Å². The zero-order valence-corrected chi connectivity index (χ0v) is 10.5. The standard InChI is InChI=1S/C11H18OSi/c1-9(12)11-6-4-10(5-7-11)3-2-8-13/h4-7,9,12H,2-3,8H2,1,13H3. The fourth-order valence-corrected chi connectivity index (χ4v) is 1.70. The van der Waals surface area contributed by atoms with Crippen molar-refractivity contribution in [3.63, 3.8) is 0 Å². The molecule has 72 valence electrons. The minimum Gasteiger partial charge on any atom is -0.389 e. The van der Waals surface area contributed by atoms with E-state index in [2.05, 4.69) is 12.1 Å². The third-order valence-corrected chi connectivity index (χ3v) is 2.99. The Morgan fingerprint density at radius 1 is 1.31 bits per heavy atom. The van der Waals surface area contributed by atoms with Crippen molar-refractivity contribution in [2.24, 2.45) is 0 Å². The summed E-state index contributed by atoms with van der Waals surface area (Å²) >= 11 is 0. The molecule has 0 bridgehead atoms. The van der Waals surface area contributed by atoms with Crippen molar-refractivity contribution in [2.75, 3.05) is 0 Å². The van der Waals surface area contributed by atoms with E-state index in [-0.39, 0.29) is 6.10 Å². The van der Waals surface area contributed by atoms with Gasteiger partial charge < -0.3 is 5.11 Å². The van der Waals surface area contributed by atoms with Crippen LogP contribution in [-0.2, 0) is 6.42 Å². The Labute approximate surface area is 83.2 Å². The van der Waals surface area contributed by atoms with Gasteiger partial charge in [0.05, 0.1) is 6.10 Å². The molecule has 0 aliphatic rings. The molecule has 0 radical (unpaired) electrons. The second kappa shape index (κ2) is 5.20. The molecule has 0 amide bonds. The summed E-state index contributed by atoms with van der Waals surface area (Å²) in [4.78, 5) is 0. The van der Waals surface area contributed by atoms with Crippen LogP contribution in [0.2, 0.25) is 6.04 Å². The largest absolute Gasteiger partial charge is 0.389 e. The Balaban J connectivity index is 2.59. The van der Waals surface area contributed by atoms with Crippen LogP contribution in [-0.4, -0.2) is 15.3 Å². The number of hydrogen-bond donors (Lipinski definition) is 1. The summed E-state index contributed by atoms with van der Waals surface area (Å²) in [6.07, 6.45) is 2.15. The molecule has 1 rings (SSSR count). The number of hydrogen-bond acceptors (Lipinski definition) is 1. The molecule has 0 spiro atoms. The molecule has 1 nitrogen and oxygen atoms in total. The van der Waals surface area contributed by atoms with Crippen LogP contribution in [0.4, 0.5) is 0 Å². The summed E-state index contributed by atoms with van der Waals surface area (Å²) in [6.45, 7) is 1.80. The van der Waals surface area contributed by atoms with Gasteiger partial charge in [0.2, 0.25) is 0 Å². The fourth-order valence-electron chi connectivity index (χ4n) is 1.34. The first-order chi connectivity index (χ1) is 6.24. The van der Waals surface area contributed by atoms with Crippen LogP contribution >= 0.6 is 0 Å². The summed E-state index contributed by atoms with van der Waals surface area (Å²) in [5.74, 6) is 0. The Morgan fingerprint density at radius 2 is 1.92 bits per heavy atom. The molecule has 1 N–H and O–H groups in total. The van der Waals surface area contributed by atoms with E-state index in [0.717, 1.165) is 5.56 Å². The molecule has 1 aromatic rings. The SMILES string of the molecule is CC(O)c1ccc(CCC[SiH3])cc1. The predicted octanol–water partition coefficient (Wildman–Crippen LogP) is 1.46. The molecule has 1 aromatic carbocycles. The van der Waals surface area contributed by atoms with Crippen molar-refractivity contribution in [1.29, 1.82) is 0 Å². The van der Waals surface area contributed by atoms with E-state index in [1.807, 2.05) is 12.1 Å². The van der Waals surface area contributed by atoms with Gasteiger partial charge in [-0.05, 0) is 24.5 Å². The first kappa shape index (κ1) is 10.5. The maximum absolute atomic E-state index is 9.30. The monoisotopic (exact) mass is 194 g/mol. The first-order valence-corrected chi connectivity index (χ1v) is 6.42. The zero-order chi connectivity index (χ0) is 9.68. The van der Waals surface area contributed by atoms with Gasteiger partial charge in [0, 0.05) is 10.2 Å². The molecule has 0 fully saturated rings. The number of aliphatic hydroxyl groups excluding tert-OH is 1. The Hall–Kier alpha value is -0.603. The number of aliphatic hydroxyl groups is 1. The summed E-state index contributed by atoms with van der Waals surface area (Å²) in [7, 11) is 1.31. The van der Waals surface area contributed by atoms with Gasteiger partial charge in [0.1, 0.15) is 0 Å². The highest BCUT2D eigenvalue weighted by Gasteiger charge is 1.99. The molecule has 0 aromatic heterocycles. The first-order valence-electron chi connectivity index (χ1n) is 5.01. The zero-order valence-electron chi connectivity index (χ0n) is 8.46. The number of rotatable bonds is 4. The molecular formula is C11H18OSi. The van der Waals surface area contributed by atoms with Gasteiger partial charge in [0.25, 0.3) is 0 Å². The summed E-state index contributed by atoms with van der Waals surface area (Å²) in [5.41, 5.74) is 2.40. The second-order valence-corrected chi connectivity index (χ2v) is 4.52. The number of aryl methyl sites for hydroxylation is 1. The van der Waals surface area contributed by atoms with E-state index in [1.54, 1.807) is 6.92 Å². The fraction of sp³-hybridized carbons (Fsp3) is 0.455. The summed E-state index contributed by atoms with van der Waals surface area (Å²) < 4.78 is 0. The maximum atomic E-state index is 9.30. The Morgan fingerprint density at radius 3 is 2.38 bits per heavy atom. The molecule has 0 saturated carbocycles. The van der Waals surface area contributed by atoms with Crippen LogP contribution in [0.15, 0.2) is 24.3 Å². The smallest absolute Gasteiger partial charge is 0.0761 e. The van der Waals surface area contributed by atoms with Crippen LogP contribution in [0, 0.1) is 0 Å². The molecule has 13 heavy (non-hydrogen) atoms. The van der Waals surface area contributed by atoms with Crippen LogP contribution < -0.4 is 0 Å². The normalized spacial score (nSPS) is 13.1. The molecular weight excluding hydrogens is 176 g/mol. The second-order valence-electron chi connectivity index (χ2n) is 3.52. The van der Waals surface area contributed by atoms with E-state index >= 15 is 0 Å². The Bertz CT molecular complexity index is 241. The van der Waals surface area contributed by atoms with Crippen molar-refractivity contribution >= 4 is 10.2 Å². The van der Waals surface area contributed by atoms with E-state index in [9.17, 15) is 5.11 Å². The lowest BCUT2D eigenvalue weighted by atomic mass is 10.1. The average Bonchev–Trinajstić information content (AvgIpc) is 2.15. The topological polar surface area (TPSA) is 20.2 Å². The minimum atomic E-state index is -0.340. The molecule has 1 atom stereocenters. The molecule has 0 aliphatic heterocycles. The maximum Gasteiger partial charge on any atom is 0.0761 e. The van der Waals surface area contributed by atoms with E-state index in [1.165, 1.54) is 34.7 Å². The van der Waals surface area contributed by atoms with Crippen molar-refractivity contribution in [3.8, 4) is 0 Å². The van der Waals surface area contributed by atoms with Crippen LogP contribution in [0.3, 0.4) is 0 Å². The molecule has 2 heteroatoms. The molecule has 1 unspecified atom stereocenters. The van der Waals surface area contributed by atoms with Gasteiger partial charge in [-0.3, -0.25) is 0 Å². The van der Waals surface area contributed by atoms with Crippen molar-refractivity contribution in [3.05, 3.63) is 35.4 Å². The summed E-state index contributed by atoms with van der Waals surface area (Å²) in [5, 5.41) is 9.30. The molecule has 0 aliphatic carbocycles. The summed E-state index contributed by atoms with van der Waals surface area (Å²) in [6, 6.07) is 9.66. The van der Waals surface area contributed by atoms with Crippen molar-refractivity contribution in [1.82, 2.24) is 0 Å². The average molecular weight is 194 g/mol. The highest BCUT2D eigenvalue weighted by molar-refractivity contribution is 6.08. The van der Waals surface area contributed by atoms with E-state index in [4.69, 9.17) is 0 Å². The van der Waals surface area contributed by atoms with Gasteiger partial charge in [-0.15, -0.1) is 0 Å². The van der Waals surface area contributed by atoms with Gasteiger partial charge in [0.15, 0.2) is 0 Å².